The van der Waals surface area contributed by atoms with Crippen LogP contribution in [0.15, 0.2) is 15.6 Å². The molecule has 1 N–H and O–H groups in total. The first-order chi connectivity index (χ1) is 7.20. The van der Waals surface area contributed by atoms with Crippen LogP contribution >= 0.6 is 15.9 Å². The molecule has 1 aliphatic heterocycles. The average molecular weight is 272 g/mol. The van der Waals surface area contributed by atoms with Gasteiger partial charge in [0.2, 0.25) is 0 Å². The van der Waals surface area contributed by atoms with E-state index in [2.05, 4.69) is 26.2 Å². The first kappa shape index (κ1) is 10.8. The van der Waals surface area contributed by atoms with Crippen molar-refractivity contribution in [2.75, 3.05) is 13.1 Å². The van der Waals surface area contributed by atoms with Crippen LogP contribution in [0.5, 0.6) is 0 Å². The highest BCUT2D eigenvalue weighted by Crippen LogP contribution is 2.26. The van der Waals surface area contributed by atoms with E-state index in [0.29, 0.717) is 10.4 Å². The molecule has 5 heteroatoms. The van der Waals surface area contributed by atoms with Gasteiger partial charge in [-0.15, -0.1) is 0 Å². The van der Waals surface area contributed by atoms with Crippen molar-refractivity contribution in [1.82, 2.24) is 14.9 Å². The molecule has 0 spiro atoms. The fraction of sp³-hybridized carbons (Fsp3) is 0.600. The van der Waals surface area contributed by atoms with Crippen molar-refractivity contribution < 1.29 is 0 Å². The Kier molecular flexibility index (Phi) is 3.21. The van der Waals surface area contributed by atoms with Gasteiger partial charge in [-0.2, -0.15) is 0 Å². The summed E-state index contributed by atoms with van der Waals surface area (Å²) in [5, 5.41) is 3.30. The average Bonchev–Trinajstić information content (AvgIpc) is 2.27. The SMILES string of the molecule is Cn1cnc(C2CCNCC2)c(Br)c1=O. The van der Waals surface area contributed by atoms with Crippen LogP contribution in [0.1, 0.15) is 24.5 Å². The molecule has 15 heavy (non-hydrogen) atoms. The van der Waals surface area contributed by atoms with Crippen molar-refractivity contribution in [2.24, 2.45) is 7.05 Å². The summed E-state index contributed by atoms with van der Waals surface area (Å²) in [7, 11) is 1.71. The lowest BCUT2D eigenvalue weighted by atomic mass is 9.94. The molecule has 0 unspecified atom stereocenters. The van der Waals surface area contributed by atoms with Crippen LogP contribution in [0, 0.1) is 0 Å². The molecule has 4 nitrogen and oxygen atoms in total. The molecule has 1 aliphatic rings. The van der Waals surface area contributed by atoms with Crippen LogP contribution in [-0.4, -0.2) is 22.6 Å². The second kappa shape index (κ2) is 4.45. The minimum absolute atomic E-state index is 0.00136. The normalized spacial score (nSPS) is 18.0. The van der Waals surface area contributed by atoms with Crippen molar-refractivity contribution in [3.05, 3.63) is 26.8 Å². The smallest absolute Gasteiger partial charge is 0.267 e. The van der Waals surface area contributed by atoms with Crippen LogP contribution in [0.25, 0.3) is 0 Å². The number of hydrogen-bond donors (Lipinski definition) is 1. The summed E-state index contributed by atoms with van der Waals surface area (Å²) in [6.07, 6.45) is 3.71. The van der Waals surface area contributed by atoms with E-state index >= 15 is 0 Å². The molecule has 1 aromatic rings. The molecule has 1 aromatic heterocycles. The number of halogens is 1. The maximum absolute atomic E-state index is 11.7. The summed E-state index contributed by atoms with van der Waals surface area (Å²) >= 11 is 3.35. The zero-order valence-electron chi connectivity index (χ0n) is 8.66. The zero-order chi connectivity index (χ0) is 10.8. The topological polar surface area (TPSA) is 46.9 Å². The molecule has 82 valence electrons. The van der Waals surface area contributed by atoms with Crippen LogP contribution < -0.4 is 10.9 Å². The minimum Gasteiger partial charge on any atom is -0.317 e. The highest BCUT2D eigenvalue weighted by atomic mass is 79.9. The predicted molar refractivity (Wildman–Crippen MR) is 62.0 cm³/mol. The Balaban J connectivity index is 2.35. The number of nitrogens with one attached hydrogen (secondary N) is 1. The van der Waals surface area contributed by atoms with Gasteiger partial charge in [0.1, 0.15) is 4.47 Å². The van der Waals surface area contributed by atoms with Crippen LogP contribution in [-0.2, 0) is 7.05 Å². The van der Waals surface area contributed by atoms with E-state index in [-0.39, 0.29) is 5.56 Å². The Hall–Kier alpha value is -0.680. The summed E-state index contributed by atoms with van der Waals surface area (Å²) in [4.78, 5) is 16.0. The fourth-order valence-corrected chi connectivity index (χ4v) is 2.61. The summed E-state index contributed by atoms with van der Waals surface area (Å²) in [6, 6.07) is 0. The summed E-state index contributed by atoms with van der Waals surface area (Å²) in [5.41, 5.74) is 0.915. The zero-order valence-corrected chi connectivity index (χ0v) is 10.2. The number of piperidine rings is 1. The van der Waals surface area contributed by atoms with E-state index in [9.17, 15) is 4.79 Å². The van der Waals surface area contributed by atoms with E-state index in [0.717, 1.165) is 31.6 Å². The standard InChI is InChI=1S/C10H14BrN3O/c1-14-6-13-9(8(11)10(14)15)7-2-4-12-5-3-7/h6-7,12H,2-5H2,1H3. The van der Waals surface area contributed by atoms with Crippen molar-refractivity contribution >= 4 is 15.9 Å². The molecule has 0 aliphatic carbocycles. The van der Waals surface area contributed by atoms with E-state index in [1.54, 1.807) is 13.4 Å². The minimum atomic E-state index is -0.00136. The lowest BCUT2D eigenvalue weighted by molar-refractivity contribution is 0.450. The highest BCUT2D eigenvalue weighted by molar-refractivity contribution is 9.10. The van der Waals surface area contributed by atoms with Gasteiger partial charge in [-0.3, -0.25) is 4.79 Å². The highest BCUT2D eigenvalue weighted by Gasteiger charge is 2.20. The Labute approximate surface area is 96.8 Å². The lowest BCUT2D eigenvalue weighted by Gasteiger charge is -2.22. The Morgan fingerprint density at radius 2 is 2.20 bits per heavy atom. The largest absolute Gasteiger partial charge is 0.317 e. The van der Waals surface area contributed by atoms with Gasteiger partial charge < -0.3 is 9.88 Å². The van der Waals surface area contributed by atoms with Crippen molar-refractivity contribution in [1.29, 1.82) is 0 Å². The van der Waals surface area contributed by atoms with Crippen molar-refractivity contribution in [3.8, 4) is 0 Å². The van der Waals surface area contributed by atoms with Gasteiger partial charge in [0, 0.05) is 13.0 Å². The molecule has 0 bridgehead atoms. The summed E-state index contributed by atoms with van der Waals surface area (Å²) in [6.45, 7) is 2.02. The third kappa shape index (κ3) is 2.13. The van der Waals surface area contributed by atoms with Gasteiger partial charge in [-0.1, -0.05) is 0 Å². The second-order valence-corrected chi connectivity index (χ2v) is 4.68. The Morgan fingerprint density at radius 1 is 1.53 bits per heavy atom. The molecule has 0 atom stereocenters. The van der Waals surface area contributed by atoms with Gasteiger partial charge in [-0.25, -0.2) is 4.98 Å². The first-order valence-corrected chi connectivity index (χ1v) is 5.91. The molecular weight excluding hydrogens is 258 g/mol. The molecule has 1 saturated heterocycles. The molecule has 0 saturated carbocycles. The van der Waals surface area contributed by atoms with Gasteiger partial charge in [0.05, 0.1) is 12.0 Å². The third-order valence-electron chi connectivity index (χ3n) is 2.83. The second-order valence-electron chi connectivity index (χ2n) is 3.88. The molecule has 2 rings (SSSR count). The van der Waals surface area contributed by atoms with E-state index in [1.807, 2.05) is 0 Å². The van der Waals surface area contributed by atoms with Crippen molar-refractivity contribution in [2.45, 2.75) is 18.8 Å². The maximum atomic E-state index is 11.7. The Morgan fingerprint density at radius 3 is 2.87 bits per heavy atom. The van der Waals surface area contributed by atoms with E-state index in [4.69, 9.17) is 0 Å². The van der Waals surface area contributed by atoms with Gasteiger partial charge in [0.15, 0.2) is 0 Å². The number of rotatable bonds is 1. The van der Waals surface area contributed by atoms with Crippen LogP contribution in [0.2, 0.25) is 0 Å². The summed E-state index contributed by atoms with van der Waals surface area (Å²) in [5.74, 6) is 0.412. The van der Waals surface area contributed by atoms with Gasteiger partial charge >= 0.3 is 0 Å². The van der Waals surface area contributed by atoms with Gasteiger partial charge in [0.25, 0.3) is 5.56 Å². The summed E-state index contributed by atoms with van der Waals surface area (Å²) < 4.78 is 2.12. The maximum Gasteiger partial charge on any atom is 0.267 e. The molecule has 1 fully saturated rings. The van der Waals surface area contributed by atoms with Crippen molar-refractivity contribution in [3.63, 3.8) is 0 Å². The molecule has 0 amide bonds. The quantitative estimate of drug-likeness (QED) is 0.830. The van der Waals surface area contributed by atoms with E-state index < -0.39 is 0 Å². The number of aryl methyl sites for hydroxylation is 1. The number of nitrogens with zero attached hydrogens (tertiary/aromatic N) is 2. The molecule has 0 radical (unpaired) electrons. The van der Waals surface area contributed by atoms with Gasteiger partial charge in [-0.05, 0) is 41.9 Å². The lowest BCUT2D eigenvalue weighted by Crippen LogP contribution is -2.29. The van der Waals surface area contributed by atoms with E-state index in [1.165, 1.54) is 4.57 Å². The van der Waals surface area contributed by atoms with Crippen LogP contribution in [0.4, 0.5) is 0 Å². The molecule has 2 heterocycles. The predicted octanol–water partition coefficient (Wildman–Crippen LogP) is 1.01. The first-order valence-electron chi connectivity index (χ1n) is 5.12. The third-order valence-corrected chi connectivity index (χ3v) is 3.57. The fourth-order valence-electron chi connectivity index (χ4n) is 1.90. The molecular formula is C10H14BrN3O. The molecule has 0 aromatic carbocycles. The number of hydrogen-bond acceptors (Lipinski definition) is 3. The van der Waals surface area contributed by atoms with Crippen LogP contribution in [0.3, 0.4) is 0 Å². The monoisotopic (exact) mass is 271 g/mol. The number of aromatic nitrogens is 2. The Bertz CT molecular complexity index is 410.